The van der Waals surface area contributed by atoms with Crippen LogP contribution in [0.3, 0.4) is 0 Å². The Hall–Kier alpha value is -1.44. The molecule has 1 heterocycles. The molecular weight excluding hydrogens is 280 g/mol. The Balaban J connectivity index is 2.39. The average Bonchev–Trinajstić information content (AvgIpc) is 2.47. The summed E-state index contributed by atoms with van der Waals surface area (Å²) in [5.41, 5.74) is 0.972. The van der Waals surface area contributed by atoms with Crippen LogP contribution < -0.4 is 5.32 Å². The average molecular weight is 298 g/mol. The maximum atomic E-state index is 12.5. The molecule has 0 spiro atoms. The molecule has 0 amide bonds. The fraction of sp³-hybridized carbons (Fsp3) is 0.462. The van der Waals surface area contributed by atoms with Gasteiger partial charge in [0.1, 0.15) is 0 Å². The van der Waals surface area contributed by atoms with E-state index < -0.39 is 16.0 Å². The molecule has 0 atom stereocenters. The number of carbonyl (C=O) groups excluding carboxylic acids is 1. The van der Waals surface area contributed by atoms with Crippen LogP contribution in [0.1, 0.15) is 15.9 Å². The minimum Gasteiger partial charge on any atom is -0.465 e. The summed E-state index contributed by atoms with van der Waals surface area (Å²) in [5, 5.41) is 3.11. The zero-order chi connectivity index (χ0) is 14.8. The third kappa shape index (κ3) is 2.84. The molecule has 0 bridgehead atoms. The summed E-state index contributed by atoms with van der Waals surface area (Å²) >= 11 is 0. The van der Waals surface area contributed by atoms with Crippen LogP contribution in [0.15, 0.2) is 23.1 Å². The van der Waals surface area contributed by atoms with Gasteiger partial charge in [0, 0.05) is 26.2 Å². The molecule has 1 aliphatic rings. The smallest absolute Gasteiger partial charge is 0.338 e. The molecule has 0 aliphatic carbocycles. The van der Waals surface area contributed by atoms with Gasteiger partial charge in [0.05, 0.1) is 17.6 Å². The highest BCUT2D eigenvalue weighted by Crippen LogP contribution is 2.20. The topological polar surface area (TPSA) is 75.7 Å². The van der Waals surface area contributed by atoms with E-state index in [4.69, 9.17) is 0 Å². The third-order valence-corrected chi connectivity index (χ3v) is 5.22. The molecule has 0 saturated carbocycles. The van der Waals surface area contributed by atoms with Crippen molar-refractivity contribution in [2.75, 3.05) is 33.3 Å². The van der Waals surface area contributed by atoms with Crippen LogP contribution >= 0.6 is 0 Å². The van der Waals surface area contributed by atoms with E-state index in [0.29, 0.717) is 31.7 Å². The van der Waals surface area contributed by atoms with Gasteiger partial charge < -0.3 is 10.1 Å². The number of rotatable bonds is 3. The van der Waals surface area contributed by atoms with E-state index in [1.165, 1.54) is 23.5 Å². The number of esters is 1. The number of hydrogen-bond donors (Lipinski definition) is 1. The number of methoxy groups -OCH3 is 1. The highest BCUT2D eigenvalue weighted by molar-refractivity contribution is 7.89. The van der Waals surface area contributed by atoms with E-state index in [2.05, 4.69) is 10.1 Å². The molecule has 6 nitrogen and oxygen atoms in total. The van der Waals surface area contributed by atoms with Crippen LogP contribution in [0.4, 0.5) is 0 Å². The number of piperazine rings is 1. The lowest BCUT2D eigenvalue weighted by atomic mass is 10.1. The van der Waals surface area contributed by atoms with Gasteiger partial charge in [-0.15, -0.1) is 0 Å². The Labute approximate surface area is 118 Å². The number of nitrogens with zero attached hydrogens (tertiary/aromatic N) is 1. The molecule has 0 unspecified atom stereocenters. The molecule has 1 aromatic rings. The van der Waals surface area contributed by atoms with Crippen molar-refractivity contribution in [1.29, 1.82) is 0 Å². The predicted octanol–water partition coefficient (Wildman–Crippen LogP) is 0.376. The minimum atomic E-state index is -3.56. The van der Waals surface area contributed by atoms with E-state index in [1.54, 1.807) is 13.0 Å². The highest BCUT2D eigenvalue weighted by atomic mass is 32.2. The molecule has 110 valence electrons. The Morgan fingerprint density at radius 2 is 1.95 bits per heavy atom. The first-order valence-corrected chi connectivity index (χ1v) is 7.80. The number of carbonyl (C=O) groups is 1. The zero-order valence-corrected chi connectivity index (χ0v) is 12.4. The minimum absolute atomic E-state index is 0.130. The van der Waals surface area contributed by atoms with Crippen LogP contribution in [-0.2, 0) is 14.8 Å². The first-order valence-electron chi connectivity index (χ1n) is 6.36. The van der Waals surface area contributed by atoms with Crippen molar-refractivity contribution >= 4 is 16.0 Å². The summed E-state index contributed by atoms with van der Waals surface area (Å²) in [7, 11) is -2.28. The van der Waals surface area contributed by atoms with Crippen molar-refractivity contribution in [3.63, 3.8) is 0 Å². The lowest BCUT2D eigenvalue weighted by Crippen LogP contribution is -2.46. The molecule has 1 aromatic carbocycles. The predicted molar refractivity (Wildman–Crippen MR) is 74.1 cm³/mol. The van der Waals surface area contributed by atoms with Gasteiger partial charge in [-0.25, -0.2) is 13.2 Å². The lowest BCUT2D eigenvalue weighted by Gasteiger charge is -2.26. The van der Waals surface area contributed by atoms with Gasteiger partial charge in [-0.3, -0.25) is 0 Å². The Morgan fingerprint density at radius 1 is 1.30 bits per heavy atom. The quantitative estimate of drug-likeness (QED) is 0.816. The second-order valence-electron chi connectivity index (χ2n) is 4.62. The van der Waals surface area contributed by atoms with E-state index >= 15 is 0 Å². The maximum Gasteiger partial charge on any atom is 0.338 e. The normalized spacial score (nSPS) is 16.9. The molecule has 1 aliphatic heterocycles. The first kappa shape index (κ1) is 15.0. The molecule has 0 aromatic heterocycles. The molecule has 20 heavy (non-hydrogen) atoms. The van der Waals surface area contributed by atoms with Crippen molar-refractivity contribution in [2.24, 2.45) is 0 Å². The van der Waals surface area contributed by atoms with Gasteiger partial charge in [0.15, 0.2) is 0 Å². The summed E-state index contributed by atoms with van der Waals surface area (Å²) in [6.07, 6.45) is 0. The molecule has 0 radical (unpaired) electrons. The zero-order valence-electron chi connectivity index (χ0n) is 11.5. The highest BCUT2D eigenvalue weighted by Gasteiger charge is 2.27. The largest absolute Gasteiger partial charge is 0.465 e. The first-order chi connectivity index (χ1) is 9.46. The number of aryl methyl sites for hydroxylation is 1. The van der Waals surface area contributed by atoms with Crippen LogP contribution in [-0.4, -0.2) is 52.0 Å². The fourth-order valence-corrected chi connectivity index (χ4v) is 3.59. The molecule has 1 N–H and O–H groups in total. The van der Waals surface area contributed by atoms with Gasteiger partial charge >= 0.3 is 5.97 Å². The SMILES string of the molecule is COC(=O)c1cc(S(=O)(=O)N2CCNCC2)ccc1C. The molecule has 1 saturated heterocycles. The summed E-state index contributed by atoms with van der Waals surface area (Å²) in [6.45, 7) is 3.88. The van der Waals surface area contributed by atoms with Gasteiger partial charge in [-0.2, -0.15) is 4.31 Å². The van der Waals surface area contributed by atoms with E-state index in [0.717, 1.165) is 0 Å². The van der Waals surface area contributed by atoms with Gasteiger partial charge in [-0.1, -0.05) is 6.07 Å². The van der Waals surface area contributed by atoms with Gasteiger partial charge in [0.25, 0.3) is 0 Å². The second kappa shape index (κ2) is 5.90. The molecular formula is C13H18N2O4S. The fourth-order valence-electron chi connectivity index (χ4n) is 2.13. The Morgan fingerprint density at radius 3 is 2.55 bits per heavy atom. The van der Waals surface area contributed by atoms with Crippen LogP contribution in [0.5, 0.6) is 0 Å². The van der Waals surface area contributed by atoms with Crippen LogP contribution in [0.25, 0.3) is 0 Å². The van der Waals surface area contributed by atoms with Crippen LogP contribution in [0.2, 0.25) is 0 Å². The summed E-state index contributed by atoms with van der Waals surface area (Å²) < 4.78 is 31.1. The number of ether oxygens (including phenoxy) is 1. The monoisotopic (exact) mass is 298 g/mol. The van der Waals surface area contributed by atoms with Crippen LogP contribution in [0, 0.1) is 6.92 Å². The van der Waals surface area contributed by atoms with E-state index in [-0.39, 0.29) is 10.5 Å². The molecule has 1 fully saturated rings. The molecule has 2 rings (SSSR count). The number of nitrogens with one attached hydrogen (secondary N) is 1. The number of hydrogen-bond acceptors (Lipinski definition) is 5. The summed E-state index contributed by atoms with van der Waals surface area (Å²) in [5.74, 6) is -0.528. The van der Waals surface area contributed by atoms with Crippen molar-refractivity contribution in [3.8, 4) is 0 Å². The lowest BCUT2D eigenvalue weighted by molar-refractivity contribution is 0.0599. The number of benzene rings is 1. The van der Waals surface area contributed by atoms with Crippen molar-refractivity contribution in [1.82, 2.24) is 9.62 Å². The van der Waals surface area contributed by atoms with E-state index in [9.17, 15) is 13.2 Å². The standard InChI is InChI=1S/C13H18N2O4S/c1-10-3-4-11(9-12(10)13(16)19-2)20(17,18)15-7-5-14-6-8-15/h3-4,9,14H,5-8H2,1-2H3. The number of sulfonamides is 1. The van der Waals surface area contributed by atoms with Gasteiger partial charge in [0.2, 0.25) is 10.0 Å². The summed E-state index contributed by atoms with van der Waals surface area (Å²) in [4.78, 5) is 11.8. The summed E-state index contributed by atoms with van der Waals surface area (Å²) in [6, 6.07) is 4.54. The van der Waals surface area contributed by atoms with Crippen molar-refractivity contribution in [2.45, 2.75) is 11.8 Å². The maximum absolute atomic E-state index is 12.5. The Bertz CT molecular complexity index is 607. The molecule has 7 heteroatoms. The van der Waals surface area contributed by atoms with Crippen molar-refractivity contribution < 1.29 is 17.9 Å². The second-order valence-corrected chi connectivity index (χ2v) is 6.56. The third-order valence-electron chi connectivity index (χ3n) is 3.33. The van der Waals surface area contributed by atoms with Crippen molar-refractivity contribution in [3.05, 3.63) is 29.3 Å². The van der Waals surface area contributed by atoms with E-state index in [1.807, 2.05) is 0 Å². The van der Waals surface area contributed by atoms with Gasteiger partial charge in [-0.05, 0) is 24.6 Å². The Kier molecular flexibility index (Phi) is 4.42.